The SMILES string of the molecule is [C-]#[N+]c1cc(-c2nsc(-c3ccc(OCCCC(=O)O)cc3CC)n2)ccc1OC(C)C. The Morgan fingerprint density at radius 1 is 1.25 bits per heavy atom. The lowest BCUT2D eigenvalue weighted by molar-refractivity contribution is -0.137. The van der Waals surface area contributed by atoms with Gasteiger partial charge in [-0.05, 0) is 74.1 Å². The zero-order chi connectivity index (χ0) is 23.1. The van der Waals surface area contributed by atoms with Crippen LogP contribution in [0.1, 0.15) is 39.2 Å². The molecule has 1 aromatic heterocycles. The zero-order valence-corrected chi connectivity index (χ0v) is 19.1. The fraction of sp³-hybridized carbons (Fsp3) is 0.333. The highest BCUT2D eigenvalue weighted by atomic mass is 32.1. The van der Waals surface area contributed by atoms with Crippen LogP contribution in [-0.2, 0) is 11.2 Å². The van der Waals surface area contributed by atoms with Crippen molar-refractivity contribution in [3.8, 4) is 33.5 Å². The molecule has 0 aliphatic carbocycles. The minimum Gasteiger partial charge on any atom is -0.502 e. The number of ether oxygens (including phenoxy) is 2. The first kappa shape index (κ1) is 23.2. The van der Waals surface area contributed by atoms with Gasteiger partial charge in [-0.25, -0.2) is 9.83 Å². The molecule has 0 saturated heterocycles. The van der Waals surface area contributed by atoms with E-state index in [9.17, 15) is 4.79 Å². The lowest BCUT2D eigenvalue weighted by Gasteiger charge is -2.11. The van der Waals surface area contributed by atoms with E-state index < -0.39 is 5.97 Å². The Kier molecular flexibility index (Phi) is 7.79. The van der Waals surface area contributed by atoms with Gasteiger partial charge in [0.25, 0.3) is 0 Å². The van der Waals surface area contributed by atoms with Gasteiger partial charge in [0.2, 0.25) is 5.69 Å². The Labute approximate surface area is 191 Å². The number of carbonyl (C=O) groups is 1. The predicted octanol–water partition coefficient (Wildman–Crippen LogP) is 6.02. The van der Waals surface area contributed by atoms with E-state index >= 15 is 0 Å². The average Bonchev–Trinajstić information content (AvgIpc) is 3.26. The fourth-order valence-electron chi connectivity index (χ4n) is 3.12. The zero-order valence-electron chi connectivity index (χ0n) is 18.3. The van der Waals surface area contributed by atoms with Crippen LogP contribution in [0.2, 0.25) is 0 Å². The van der Waals surface area contributed by atoms with E-state index in [0.717, 1.165) is 28.1 Å². The number of benzene rings is 2. The third-order valence-electron chi connectivity index (χ3n) is 4.62. The van der Waals surface area contributed by atoms with Gasteiger partial charge in [0.1, 0.15) is 16.5 Å². The summed E-state index contributed by atoms with van der Waals surface area (Å²) in [6, 6.07) is 11.2. The number of carboxylic acids is 1. The summed E-state index contributed by atoms with van der Waals surface area (Å²) in [6.45, 7) is 13.7. The number of carboxylic acid groups (broad SMARTS) is 1. The van der Waals surface area contributed by atoms with Crippen molar-refractivity contribution >= 4 is 23.2 Å². The minimum absolute atomic E-state index is 0.0121. The van der Waals surface area contributed by atoms with Gasteiger partial charge >= 0.3 is 5.97 Å². The molecular formula is C24H25N3O4S. The first-order chi connectivity index (χ1) is 15.4. The minimum atomic E-state index is -0.823. The van der Waals surface area contributed by atoms with Gasteiger partial charge in [-0.2, -0.15) is 4.37 Å². The van der Waals surface area contributed by atoms with Crippen molar-refractivity contribution in [2.24, 2.45) is 0 Å². The average molecular weight is 452 g/mol. The van der Waals surface area contributed by atoms with Crippen molar-refractivity contribution in [3.05, 3.63) is 53.4 Å². The number of aromatic nitrogens is 2. The third kappa shape index (κ3) is 5.83. The number of nitrogens with zero attached hydrogens (tertiary/aromatic N) is 3. The van der Waals surface area contributed by atoms with Crippen LogP contribution in [0.15, 0.2) is 36.4 Å². The van der Waals surface area contributed by atoms with Crippen LogP contribution in [0, 0.1) is 6.57 Å². The number of aliphatic carboxylic acids is 1. The summed E-state index contributed by atoms with van der Waals surface area (Å²) in [6.07, 6.45) is 1.33. The molecule has 0 fully saturated rings. The summed E-state index contributed by atoms with van der Waals surface area (Å²) >= 11 is 1.31. The molecule has 1 heterocycles. The van der Waals surface area contributed by atoms with E-state index in [2.05, 4.69) is 16.1 Å². The summed E-state index contributed by atoms with van der Waals surface area (Å²) in [5, 5.41) is 9.52. The molecule has 0 unspecified atom stereocenters. The van der Waals surface area contributed by atoms with Gasteiger partial charge in [-0.15, -0.1) is 0 Å². The summed E-state index contributed by atoms with van der Waals surface area (Å²) in [5.41, 5.74) is 3.27. The van der Waals surface area contributed by atoms with Gasteiger partial charge in [0.15, 0.2) is 5.82 Å². The lowest BCUT2D eigenvalue weighted by atomic mass is 10.1. The Bertz CT molecular complexity index is 1130. The monoisotopic (exact) mass is 451 g/mol. The normalized spacial score (nSPS) is 10.7. The van der Waals surface area contributed by atoms with Gasteiger partial charge in [0.05, 0.1) is 19.3 Å². The molecular weight excluding hydrogens is 426 g/mol. The predicted molar refractivity (Wildman–Crippen MR) is 125 cm³/mol. The van der Waals surface area contributed by atoms with Crippen molar-refractivity contribution in [3.63, 3.8) is 0 Å². The highest BCUT2D eigenvalue weighted by Crippen LogP contribution is 2.35. The molecule has 0 radical (unpaired) electrons. The fourth-order valence-corrected chi connectivity index (χ4v) is 3.87. The van der Waals surface area contributed by atoms with E-state index in [0.29, 0.717) is 36.0 Å². The van der Waals surface area contributed by atoms with Crippen LogP contribution in [0.3, 0.4) is 0 Å². The topological polar surface area (TPSA) is 85.9 Å². The first-order valence-corrected chi connectivity index (χ1v) is 11.2. The number of hydrogen-bond acceptors (Lipinski definition) is 6. The molecule has 2 aromatic carbocycles. The highest BCUT2D eigenvalue weighted by molar-refractivity contribution is 7.09. The summed E-state index contributed by atoms with van der Waals surface area (Å²) in [5.74, 6) is 1.02. The summed E-state index contributed by atoms with van der Waals surface area (Å²) < 4.78 is 15.9. The molecule has 0 amide bonds. The quantitative estimate of drug-likeness (QED) is 0.300. The molecule has 0 aliphatic heterocycles. The van der Waals surface area contributed by atoms with Crippen molar-refractivity contribution in [1.29, 1.82) is 0 Å². The molecule has 1 N–H and O–H groups in total. The van der Waals surface area contributed by atoms with E-state index in [-0.39, 0.29) is 12.5 Å². The van der Waals surface area contributed by atoms with Gasteiger partial charge in [-0.3, -0.25) is 4.79 Å². The Morgan fingerprint density at radius 3 is 2.75 bits per heavy atom. The van der Waals surface area contributed by atoms with Crippen molar-refractivity contribution in [1.82, 2.24) is 9.36 Å². The third-order valence-corrected chi connectivity index (χ3v) is 5.37. The van der Waals surface area contributed by atoms with Gasteiger partial charge < -0.3 is 14.6 Å². The standard InChI is InChI=1S/C24H25N3O4S/c1-5-16-13-18(30-12-6-7-22(28)29)9-10-19(16)24-26-23(27-32-24)17-8-11-21(31-15(2)3)20(14-17)25-4/h8-11,13-15H,5-7,12H2,1-3H3,(H,28,29). The lowest BCUT2D eigenvalue weighted by Crippen LogP contribution is -2.05. The van der Waals surface area contributed by atoms with Crippen LogP contribution >= 0.6 is 11.5 Å². The second-order valence-electron chi connectivity index (χ2n) is 7.40. The van der Waals surface area contributed by atoms with Crippen molar-refractivity contribution in [2.75, 3.05) is 6.61 Å². The molecule has 32 heavy (non-hydrogen) atoms. The number of hydrogen-bond donors (Lipinski definition) is 1. The molecule has 7 nitrogen and oxygen atoms in total. The van der Waals surface area contributed by atoms with Crippen LogP contribution in [0.4, 0.5) is 5.69 Å². The van der Waals surface area contributed by atoms with E-state index in [1.54, 1.807) is 12.1 Å². The second kappa shape index (κ2) is 10.7. The Morgan fingerprint density at radius 2 is 2.06 bits per heavy atom. The number of rotatable bonds is 10. The molecule has 0 aliphatic rings. The first-order valence-electron chi connectivity index (χ1n) is 10.4. The maximum atomic E-state index is 10.6. The van der Waals surface area contributed by atoms with Crippen LogP contribution < -0.4 is 9.47 Å². The molecule has 166 valence electrons. The van der Waals surface area contributed by atoms with Gasteiger partial charge in [0, 0.05) is 17.5 Å². The molecule has 0 atom stereocenters. The van der Waals surface area contributed by atoms with E-state index in [1.807, 2.05) is 38.1 Å². The van der Waals surface area contributed by atoms with E-state index in [1.165, 1.54) is 11.5 Å². The highest BCUT2D eigenvalue weighted by Gasteiger charge is 2.15. The van der Waals surface area contributed by atoms with Crippen molar-refractivity contribution < 1.29 is 19.4 Å². The molecule has 8 heteroatoms. The molecule has 0 spiro atoms. The van der Waals surface area contributed by atoms with E-state index in [4.69, 9.17) is 26.1 Å². The van der Waals surface area contributed by atoms with Crippen LogP contribution in [-0.4, -0.2) is 33.1 Å². The Hall–Kier alpha value is -3.44. The largest absolute Gasteiger partial charge is 0.502 e. The summed E-state index contributed by atoms with van der Waals surface area (Å²) in [4.78, 5) is 18.9. The summed E-state index contributed by atoms with van der Waals surface area (Å²) in [7, 11) is 0. The molecule has 0 saturated carbocycles. The molecule has 3 rings (SSSR count). The maximum Gasteiger partial charge on any atom is 0.303 e. The van der Waals surface area contributed by atoms with Crippen molar-refractivity contribution in [2.45, 2.75) is 46.1 Å². The smallest absolute Gasteiger partial charge is 0.303 e. The van der Waals surface area contributed by atoms with Gasteiger partial charge in [-0.1, -0.05) is 13.0 Å². The Balaban J connectivity index is 1.80. The van der Waals surface area contributed by atoms with Crippen LogP contribution in [0.5, 0.6) is 11.5 Å². The molecule has 0 bridgehead atoms. The second-order valence-corrected chi connectivity index (χ2v) is 8.15. The van der Waals surface area contributed by atoms with Crippen LogP contribution in [0.25, 0.3) is 26.8 Å². The maximum absolute atomic E-state index is 10.6. The molecule has 3 aromatic rings. The number of aryl methyl sites for hydroxylation is 1.